The molecule has 24 heavy (non-hydrogen) atoms. The lowest BCUT2D eigenvalue weighted by atomic mass is 10.2. The maximum atomic E-state index is 12.4. The van der Waals surface area contributed by atoms with Gasteiger partial charge in [0.25, 0.3) is 11.8 Å². The Bertz CT molecular complexity index is 746. The molecule has 2 amide bonds. The molecule has 0 aliphatic heterocycles. The fourth-order valence-electron chi connectivity index (χ4n) is 2.00. The molecule has 0 spiro atoms. The number of nitrogens with one attached hydrogen (secondary N) is 2. The number of rotatable bonds is 6. The zero-order valence-corrected chi connectivity index (χ0v) is 13.0. The summed E-state index contributed by atoms with van der Waals surface area (Å²) in [6.45, 7) is -0.744. The van der Waals surface area contributed by atoms with E-state index in [1.54, 1.807) is 0 Å². The molecule has 128 valence electrons. The highest BCUT2D eigenvalue weighted by atomic mass is 19.3. The summed E-state index contributed by atoms with van der Waals surface area (Å²) in [7, 11) is 1.44. The monoisotopic (exact) mass is 338 g/mol. The minimum Gasteiger partial charge on any atom is -0.434 e. The second-order valence-electron chi connectivity index (χ2n) is 4.65. The first-order chi connectivity index (χ1) is 11.5. The van der Waals surface area contributed by atoms with E-state index in [2.05, 4.69) is 20.5 Å². The van der Waals surface area contributed by atoms with Crippen LogP contribution in [0.15, 0.2) is 30.5 Å². The van der Waals surface area contributed by atoms with Crippen molar-refractivity contribution in [2.45, 2.75) is 20.1 Å². The summed E-state index contributed by atoms with van der Waals surface area (Å²) in [4.78, 5) is 24.2. The van der Waals surface area contributed by atoms with Crippen LogP contribution in [0.25, 0.3) is 0 Å². The van der Waals surface area contributed by atoms with Gasteiger partial charge in [-0.15, -0.1) is 0 Å². The highest BCUT2D eigenvalue weighted by Gasteiger charge is 2.20. The molecule has 0 saturated carbocycles. The molecule has 7 nitrogen and oxygen atoms in total. The van der Waals surface area contributed by atoms with Crippen molar-refractivity contribution in [3.63, 3.8) is 0 Å². The van der Waals surface area contributed by atoms with Crippen LogP contribution < -0.4 is 15.4 Å². The van der Waals surface area contributed by atoms with Gasteiger partial charge in [-0.1, -0.05) is 12.1 Å². The molecule has 0 unspecified atom stereocenters. The zero-order valence-electron chi connectivity index (χ0n) is 13.0. The average Bonchev–Trinajstić information content (AvgIpc) is 2.97. The van der Waals surface area contributed by atoms with Crippen LogP contribution in [-0.4, -0.2) is 35.3 Å². The molecule has 1 aromatic heterocycles. The van der Waals surface area contributed by atoms with Gasteiger partial charge in [0.1, 0.15) is 5.75 Å². The number of amides is 2. The van der Waals surface area contributed by atoms with E-state index in [4.69, 9.17) is 0 Å². The summed E-state index contributed by atoms with van der Waals surface area (Å²) in [6.07, 6.45) is 1.49. The van der Waals surface area contributed by atoms with Gasteiger partial charge in [-0.3, -0.25) is 14.3 Å². The van der Waals surface area contributed by atoms with Gasteiger partial charge in [0.2, 0.25) is 0 Å². The van der Waals surface area contributed by atoms with Crippen molar-refractivity contribution >= 4 is 17.5 Å². The van der Waals surface area contributed by atoms with Crippen LogP contribution in [0.2, 0.25) is 0 Å². The summed E-state index contributed by atoms with van der Waals surface area (Å²) >= 11 is 0. The first-order valence-corrected chi connectivity index (χ1v) is 7.11. The van der Waals surface area contributed by atoms with Gasteiger partial charge in [0.15, 0.2) is 5.69 Å². The van der Waals surface area contributed by atoms with Crippen molar-refractivity contribution in [2.24, 2.45) is 0 Å². The quantitative estimate of drug-likeness (QED) is 0.845. The van der Waals surface area contributed by atoms with E-state index in [9.17, 15) is 18.4 Å². The highest BCUT2D eigenvalue weighted by molar-refractivity contribution is 6.09. The molecule has 0 aliphatic carbocycles. The van der Waals surface area contributed by atoms with Crippen LogP contribution in [0.1, 0.15) is 27.8 Å². The Morgan fingerprint density at radius 3 is 2.62 bits per heavy atom. The Kier molecular flexibility index (Phi) is 5.46. The van der Waals surface area contributed by atoms with Crippen LogP contribution in [-0.2, 0) is 6.54 Å². The van der Waals surface area contributed by atoms with Gasteiger partial charge in [0, 0.05) is 19.8 Å². The van der Waals surface area contributed by atoms with Gasteiger partial charge < -0.3 is 15.4 Å². The zero-order chi connectivity index (χ0) is 17.7. The summed E-state index contributed by atoms with van der Waals surface area (Å²) in [5, 5.41) is 8.98. The average molecular weight is 338 g/mol. The number of benzene rings is 1. The molecule has 0 radical (unpaired) electrons. The van der Waals surface area contributed by atoms with Crippen LogP contribution in [0, 0.1) is 0 Å². The summed E-state index contributed by atoms with van der Waals surface area (Å²) in [5.74, 6) is -1.42. The van der Waals surface area contributed by atoms with Crippen LogP contribution in [0.3, 0.4) is 0 Å². The van der Waals surface area contributed by atoms with Crippen LogP contribution >= 0.6 is 0 Å². The van der Waals surface area contributed by atoms with E-state index in [1.165, 1.54) is 42.2 Å². The largest absolute Gasteiger partial charge is 0.434 e. The maximum absolute atomic E-state index is 12.4. The second kappa shape index (κ2) is 7.53. The van der Waals surface area contributed by atoms with E-state index in [0.29, 0.717) is 6.54 Å². The first kappa shape index (κ1) is 17.4. The fourth-order valence-corrected chi connectivity index (χ4v) is 2.00. The summed E-state index contributed by atoms with van der Waals surface area (Å²) < 4.78 is 30.7. The number of nitrogens with zero attached hydrogens (tertiary/aromatic N) is 2. The second-order valence-corrected chi connectivity index (χ2v) is 4.65. The number of carbonyl (C=O) groups is 2. The van der Waals surface area contributed by atoms with Crippen molar-refractivity contribution in [3.05, 3.63) is 41.7 Å². The lowest BCUT2D eigenvalue weighted by Gasteiger charge is -2.10. The Hall–Kier alpha value is -2.97. The van der Waals surface area contributed by atoms with E-state index < -0.39 is 18.4 Å². The third-order valence-corrected chi connectivity index (χ3v) is 3.12. The highest BCUT2D eigenvalue weighted by Crippen LogP contribution is 2.22. The SMILES string of the molecule is CCn1cc(NC(=O)c2ccccc2OC(F)F)c(C(=O)NC)n1. The molecular formula is C15H16F2N4O3. The Balaban J connectivity index is 2.30. The number of carbonyl (C=O) groups excluding carboxylic acids is 2. The minimum absolute atomic E-state index is 0.0277. The van der Waals surface area contributed by atoms with E-state index in [-0.39, 0.29) is 22.7 Å². The smallest absolute Gasteiger partial charge is 0.387 e. The van der Waals surface area contributed by atoms with Crippen LogP contribution in [0.5, 0.6) is 5.75 Å². The number of halogens is 2. The number of aryl methyl sites for hydroxylation is 1. The Morgan fingerprint density at radius 2 is 2.00 bits per heavy atom. The van der Waals surface area contributed by atoms with Crippen molar-refractivity contribution in [2.75, 3.05) is 12.4 Å². The molecule has 1 aromatic carbocycles. The number of ether oxygens (including phenoxy) is 1. The molecule has 1 heterocycles. The molecular weight excluding hydrogens is 322 g/mol. The lowest BCUT2D eigenvalue weighted by Crippen LogP contribution is -2.22. The fraction of sp³-hybridized carbons (Fsp3) is 0.267. The maximum Gasteiger partial charge on any atom is 0.387 e. The molecule has 2 aromatic rings. The van der Waals surface area contributed by atoms with Crippen molar-refractivity contribution < 1.29 is 23.1 Å². The third-order valence-electron chi connectivity index (χ3n) is 3.12. The number of hydrogen-bond donors (Lipinski definition) is 2. The van der Waals surface area contributed by atoms with Crippen molar-refractivity contribution in [1.82, 2.24) is 15.1 Å². The van der Waals surface area contributed by atoms with Crippen molar-refractivity contribution in [1.29, 1.82) is 0 Å². The molecule has 0 fully saturated rings. The van der Waals surface area contributed by atoms with Gasteiger partial charge in [-0.25, -0.2) is 0 Å². The number of anilines is 1. The standard InChI is InChI=1S/C15H16F2N4O3/c1-3-21-8-10(12(20-21)14(23)18-2)19-13(22)9-6-4-5-7-11(9)24-15(16)17/h4-8,15H,3H2,1-2H3,(H,18,23)(H,19,22). The Morgan fingerprint density at radius 1 is 1.29 bits per heavy atom. The lowest BCUT2D eigenvalue weighted by molar-refractivity contribution is -0.0501. The van der Waals surface area contributed by atoms with E-state index in [1.807, 2.05) is 6.92 Å². The topological polar surface area (TPSA) is 85.2 Å². The predicted octanol–water partition coefficient (Wildman–Crippen LogP) is 2.12. The number of alkyl halides is 2. The molecule has 0 saturated heterocycles. The third kappa shape index (κ3) is 3.86. The molecule has 9 heteroatoms. The van der Waals surface area contributed by atoms with Gasteiger partial charge >= 0.3 is 6.61 Å². The Labute approximate surface area is 136 Å². The molecule has 2 rings (SSSR count). The van der Waals surface area contributed by atoms with Crippen molar-refractivity contribution in [3.8, 4) is 5.75 Å². The predicted molar refractivity (Wildman–Crippen MR) is 82.3 cm³/mol. The first-order valence-electron chi connectivity index (χ1n) is 7.11. The molecule has 0 atom stereocenters. The molecule has 0 aliphatic rings. The van der Waals surface area contributed by atoms with Crippen LogP contribution in [0.4, 0.5) is 14.5 Å². The number of para-hydroxylation sites is 1. The van der Waals surface area contributed by atoms with E-state index in [0.717, 1.165) is 0 Å². The minimum atomic E-state index is -3.05. The van der Waals surface area contributed by atoms with E-state index >= 15 is 0 Å². The van der Waals surface area contributed by atoms with Gasteiger partial charge in [-0.05, 0) is 19.1 Å². The summed E-state index contributed by atoms with van der Waals surface area (Å²) in [5.41, 5.74) is 0.123. The normalized spacial score (nSPS) is 10.5. The number of hydrogen-bond acceptors (Lipinski definition) is 4. The number of aromatic nitrogens is 2. The van der Waals surface area contributed by atoms with Gasteiger partial charge in [-0.2, -0.15) is 13.9 Å². The molecule has 0 bridgehead atoms. The van der Waals surface area contributed by atoms with Gasteiger partial charge in [0.05, 0.1) is 11.3 Å². The molecule has 2 N–H and O–H groups in total. The summed E-state index contributed by atoms with van der Waals surface area (Å²) in [6, 6.07) is 5.59.